The number of carbonyl (C=O) groups excluding carboxylic acids is 1. The molecule has 2 heterocycles. The van der Waals surface area contributed by atoms with Crippen LogP contribution in [0.1, 0.15) is 27.7 Å². The third-order valence-corrected chi connectivity index (χ3v) is 3.63. The minimum absolute atomic E-state index is 0.0399. The molecule has 2 rings (SSSR count). The molecular formula is C14H24N2O5. The highest BCUT2D eigenvalue weighted by atomic mass is 16.5. The molecule has 0 radical (unpaired) electrons. The van der Waals surface area contributed by atoms with Gasteiger partial charge in [-0.3, -0.25) is 0 Å². The summed E-state index contributed by atoms with van der Waals surface area (Å²) in [5, 5.41) is 9.24. The van der Waals surface area contributed by atoms with E-state index in [1.807, 2.05) is 27.7 Å². The Labute approximate surface area is 124 Å². The van der Waals surface area contributed by atoms with Gasteiger partial charge in [0, 0.05) is 6.54 Å². The Kier molecular flexibility index (Phi) is 4.17. The topological polar surface area (TPSA) is 79.3 Å². The van der Waals surface area contributed by atoms with Crippen molar-refractivity contribution in [1.29, 1.82) is 0 Å². The molecule has 0 bridgehead atoms. The quantitative estimate of drug-likeness (QED) is 0.774. The molecule has 0 aromatic carbocycles. The van der Waals surface area contributed by atoms with Crippen molar-refractivity contribution in [2.75, 3.05) is 32.8 Å². The van der Waals surface area contributed by atoms with E-state index in [2.05, 4.69) is 0 Å². The number of nitrogens with zero attached hydrogens (tertiary/aromatic N) is 2. The summed E-state index contributed by atoms with van der Waals surface area (Å²) in [5.41, 5.74) is -0.912. The molecule has 0 aliphatic carbocycles. The van der Waals surface area contributed by atoms with Crippen LogP contribution in [0.15, 0.2) is 0 Å². The summed E-state index contributed by atoms with van der Waals surface area (Å²) in [7, 11) is 0. The van der Waals surface area contributed by atoms with Crippen molar-refractivity contribution in [2.45, 2.75) is 44.9 Å². The van der Waals surface area contributed by atoms with Crippen molar-refractivity contribution in [3.05, 3.63) is 0 Å². The molecule has 0 aromatic rings. The zero-order chi connectivity index (χ0) is 15.8. The lowest BCUT2D eigenvalue weighted by Crippen LogP contribution is -2.64. The lowest BCUT2D eigenvalue weighted by molar-refractivity contribution is -0.173. The molecule has 1 unspecified atom stereocenters. The number of urea groups is 1. The molecule has 0 saturated carbocycles. The normalized spacial score (nSPS) is 28.3. The van der Waals surface area contributed by atoms with E-state index in [0.29, 0.717) is 26.2 Å². The first-order valence-electron chi connectivity index (χ1n) is 7.18. The molecule has 7 nitrogen and oxygen atoms in total. The van der Waals surface area contributed by atoms with E-state index in [1.54, 1.807) is 4.90 Å². The predicted octanol–water partition coefficient (Wildman–Crippen LogP) is 0.781. The van der Waals surface area contributed by atoms with Gasteiger partial charge < -0.3 is 24.4 Å². The highest BCUT2D eigenvalue weighted by Gasteiger charge is 2.43. The minimum atomic E-state index is -1.03. The lowest BCUT2D eigenvalue weighted by atomic mass is 9.99. The summed E-state index contributed by atoms with van der Waals surface area (Å²) < 4.78 is 11.1. The second-order valence-electron chi connectivity index (χ2n) is 6.88. The lowest BCUT2D eigenvalue weighted by Gasteiger charge is -2.48. The van der Waals surface area contributed by atoms with Crippen molar-refractivity contribution in [3.8, 4) is 0 Å². The molecular weight excluding hydrogens is 276 g/mol. The van der Waals surface area contributed by atoms with Gasteiger partial charge in [0.25, 0.3) is 0 Å². The first-order chi connectivity index (χ1) is 9.61. The van der Waals surface area contributed by atoms with Crippen LogP contribution in [0, 0.1) is 0 Å². The molecule has 2 aliphatic rings. The average molecular weight is 300 g/mol. The van der Waals surface area contributed by atoms with Crippen molar-refractivity contribution in [1.82, 2.24) is 9.80 Å². The standard InChI is InChI=1S/C14H24N2O5/c1-13(2)8-15(9-14(3,4)21-13)12(19)16-5-6-20-7-10(16)11(17)18/h10H,5-9H2,1-4H3,(H,17,18). The molecule has 2 fully saturated rings. The van der Waals surface area contributed by atoms with Crippen LogP contribution in [0.4, 0.5) is 4.79 Å². The second-order valence-corrected chi connectivity index (χ2v) is 6.88. The Hall–Kier alpha value is -1.34. The Morgan fingerprint density at radius 1 is 1.14 bits per heavy atom. The van der Waals surface area contributed by atoms with Crippen LogP contribution in [-0.2, 0) is 14.3 Å². The van der Waals surface area contributed by atoms with Gasteiger partial charge in [0.15, 0.2) is 6.04 Å². The van der Waals surface area contributed by atoms with Crippen molar-refractivity contribution in [2.24, 2.45) is 0 Å². The zero-order valence-electron chi connectivity index (χ0n) is 13.1. The molecule has 7 heteroatoms. The van der Waals surface area contributed by atoms with Crippen molar-refractivity contribution in [3.63, 3.8) is 0 Å². The number of amides is 2. The SMILES string of the molecule is CC1(C)CN(C(=O)N2CCOCC2C(=O)O)CC(C)(C)O1. The van der Waals surface area contributed by atoms with Crippen LogP contribution < -0.4 is 0 Å². The van der Waals surface area contributed by atoms with E-state index in [-0.39, 0.29) is 12.6 Å². The molecule has 2 saturated heterocycles. The number of ether oxygens (including phenoxy) is 2. The van der Waals surface area contributed by atoms with Crippen molar-refractivity contribution < 1.29 is 24.2 Å². The number of carboxylic acids is 1. The number of aliphatic carboxylic acids is 1. The fourth-order valence-corrected chi connectivity index (χ4v) is 3.14. The van der Waals surface area contributed by atoms with Crippen LogP contribution in [0.3, 0.4) is 0 Å². The number of morpholine rings is 2. The van der Waals surface area contributed by atoms with Crippen LogP contribution in [-0.4, -0.2) is 77.0 Å². The summed E-state index contributed by atoms with van der Waals surface area (Å²) in [6.45, 7) is 9.32. The Bertz CT molecular complexity index is 419. The highest BCUT2D eigenvalue weighted by molar-refractivity contribution is 5.83. The number of carbonyl (C=O) groups is 2. The molecule has 1 N–H and O–H groups in total. The van der Waals surface area contributed by atoms with Gasteiger partial charge in [-0.2, -0.15) is 0 Å². The van der Waals surface area contributed by atoms with Gasteiger partial charge in [-0.1, -0.05) is 0 Å². The van der Waals surface area contributed by atoms with Gasteiger partial charge in [-0.05, 0) is 27.7 Å². The number of hydrogen-bond donors (Lipinski definition) is 1. The molecule has 0 aromatic heterocycles. The first-order valence-corrected chi connectivity index (χ1v) is 7.18. The van der Waals surface area contributed by atoms with E-state index in [1.165, 1.54) is 4.90 Å². The molecule has 2 amide bonds. The van der Waals surface area contributed by atoms with Gasteiger partial charge >= 0.3 is 12.0 Å². The van der Waals surface area contributed by atoms with Crippen LogP contribution in [0.25, 0.3) is 0 Å². The second kappa shape index (κ2) is 5.46. The van der Waals surface area contributed by atoms with E-state index >= 15 is 0 Å². The maximum atomic E-state index is 12.7. The molecule has 120 valence electrons. The van der Waals surface area contributed by atoms with Gasteiger partial charge in [-0.15, -0.1) is 0 Å². The summed E-state index contributed by atoms with van der Waals surface area (Å²) in [6.07, 6.45) is 0. The van der Waals surface area contributed by atoms with Crippen LogP contribution in [0.2, 0.25) is 0 Å². The Balaban J connectivity index is 2.16. The zero-order valence-corrected chi connectivity index (χ0v) is 13.1. The van der Waals surface area contributed by atoms with Crippen LogP contribution >= 0.6 is 0 Å². The van der Waals surface area contributed by atoms with E-state index in [4.69, 9.17) is 9.47 Å². The maximum Gasteiger partial charge on any atom is 0.328 e. The highest BCUT2D eigenvalue weighted by Crippen LogP contribution is 2.29. The number of hydrogen-bond acceptors (Lipinski definition) is 4. The van der Waals surface area contributed by atoms with E-state index < -0.39 is 23.2 Å². The molecule has 1 atom stereocenters. The summed E-state index contributed by atoms with van der Waals surface area (Å²) in [6, 6.07) is -1.17. The number of rotatable bonds is 1. The fourth-order valence-electron chi connectivity index (χ4n) is 3.14. The fraction of sp³-hybridized carbons (Fsp3) is 0.857. The number of carboxylic acid groups (broad SMARTS) is 1. The molecule has 21 heavy (non-hydrogen) atoms. The largest absolute Gasteiger partial charge is 0.480 e. The third kappa shape index (κ3) is 3.65. The summed E-state index contributed by atoms with van der Waals surface area (Å²) in [5.74, 6) is -1.03. The van der Waals surface area contributed by atoms with Gasteiger partial charge in [-0.25, -0.2) is 9.59 Å². The monoisotopic (exact) mass is 300 g/mol. The smallest absolute Gasteiger partial charge is 0.328 e. The van der Waals surface area contributed by atoms with E-state index in [0.717, 1.165) is 0 Å². The van der Waals surface area contributed by atoms with Crippen molar-refractivity contribution >= 4 is 12.0 Å². The summed E-state index contributed by atoms with van der Waals surface area (Å²) >= 11 is 0. The molecule has 2 aliphatic heterocycles. The predicted molar refractivity (Wildman–Crippen MR) is 75.2 cm³/mol. The molecule has 0 spiro atoms. The minimum Gasteiger partial charge on any atom is -0.480 e. The van der Waals surface area contributed by atoms with E-state index in [9.17, 15) is 14.7 Å². The van der Waals surface area contributed by atoms with Gasteiger partial charge in [0.1, 0.15) is 0 Å². The van der Waals surface area contributed by atoms with Crippen LogP contribution in [0.5, 0.6) is 0 Å². The third-order valence-electron chi connectivity index (χ3n) is 3.63. The Morgan fingerprint density at radius 3 is 2.24 bits per heavy atom. The first kappa shape index (κ1) is 16.0. The summed E-state index contributed by atoms with van der Waals surface area (Å²) in [4.78, 5) is 27.1. The van der Waals surface area contributed by atoms with Gasteiger partial charge in [0.05, 0.1) is 37.5 Å². The van der Waals surface area contributed by atoms with Gasteiger partial charge in [0.2, 0.25) is 0 Å². The maximum absolute atomic E-state index is 12.7. The Morgan fingerprint density at radius 2 is 1.71 bits per heavy atom. The average Bonchev–Trinajstić information content (AvgIpc) is 2.34.